The van der Waals surface area contributed by atoms with Crippen LogP contribution in [-0.2, 0) is 16.1 Å². The van der Waals surface area contributed by atoms with Gasteiger partial charge in [-0.3, -0.25) is 14.5 Å². The van der Waals surface area contributed by atoms with Gasteiger partial charge in [0.15, 0.2) is 0 Å². The zero-order valence-corrected chi connectivity index (χ0v) is 16.1. The summed E-state index contributed by atoms with van der Waals surface area (Å²) in [5.41, 5.74) is 0.878. The van der Waals surface area contributed by atoms with E-state index in [9.17, 15) is 14.0 Å². The summed E-state index contributed by atoms with van der Waals surface area (Å²) in [6.45, 7) is 5.66. The van der Waals surface area contributed by atoms with Crippen molar-refractivity contribution >= 4 is 11.8 Å². The van der Waals surface area contributed by atoms with Crippen LogP contribution < -0.4 is 5.32 Å². The molecule has 1 unspecified atom stereocenters. The molecule has 27 heavy (non-hydrogen) atoms. The van der Waals surface area contributed by atoms with Crippen molar-refractivity contribution in [1.82, 2.24) is 15.1 Å². The molecule has 0 bridgehead atoms. The Bertz CT molecular complexity index is 635. The van der Waals surface area contributed by atoms with E-state index >= 15 is 0 Å². The number of amides is 2. The third kappa shape index (κ3) is 5.28. The Kier molecular flexibility index (Phi) is 6.83. The van der Waals surface area contributed by atoms with Crippen LogP contribution in [-0.4, -0.2) is 53.8 Å². The summed E-state index contributed by atoms with van der Waals surface area (Å²) in [6, 6.07) is 5.93. The van der Waals surface area contributed by atoms with E-state index in [-0.39, 0.29) is 23.7 Å². The molecule has 2 aliphatic rings. The summed E-state index contributed by atoms with van der Waals surface area (Å²) in [6.07, 6.45) is 5.12. The summed E-state index contributed by atoms with van der Waals surface area (Å²) < 4.78 is 12.9. The van der Waals surface area contributed by atoms with Gasteiger partial charge >= 0.3 is 0 Å². The maximum absolute atomic E-state index is 12.9. The Morgan fingerprint density at radius 2 is 1.70 bits per heavy atom. The predicted octanol–water partition coefficient (Wildman–Crippen LogP) is 2.55. The fraction of sp³-hybridized carbons (Fsp3) is 0.619. The average molecular weight is 375 g/mol. The molecule has 148 valence electrons. The van der Waals surface area contributed by atoms with Crippen LogP contribution in [0.4, 0.5) is 4.39 Å². The van der Waals surface area contributed by atoms with E-state index in [1.54, 1.807) is 12.1 Å². The fourth-order valence-electron chi connectivity index (χ4n) is 4.01. The first-order valence-corrected chi connectivity index (χ1v) is 10.1. The van der Waals surface area contributed by atoms with E-state index in [1.165, 1.54) is 18.6 Å². The molecule has 5 nitrogen and oxygen atoms in total. The number of likely N-dealkylation sites (tertiary alicyclic amines) is 2. The molecule has 1 N–H and O–H groups in total. The third-order valence-electron chi connectivity index (χ3n) is 5.85. The summed E-state index contributed by atoms with van der Waals surface area (Å²) in [7, 11) is 0. The number of nitrogens with one attached hydrogen (secondary N) is 1. The smallest absolute Gasteiger partial charge is 0.237 e. The van der Waals surface area contributed by atoms with Crippen LogP contribution in [0.1, 0.15) is 44.6 Å². The highest BCUT2D eigenvalue weighted by Gasteiger charge is 2.32. The summed E-state index contributed by atoms with van der Waals surface area (Å²) in [5, 5.41) is 2.92. The van der Waals surface area contributed by atoms with Crippen LogP contribution in [0.15, 0.2) is 24.3 Å². The van der Waals surface area contributed by atoms with E-state index in [4.69, 9.17) is 0 Å². The molecule has 0 saturated carbocycles. The number of hydrogen-bond acceptors (Lipinski definition) is 3. The molecule has 2 fully saturated rings. The lowest BCUT2D eigenvalue weighted by Crippen LogP contribution is -2.50. The molecule has 1 atom stereocenters. The molecule has 2 amide bonds. The van der Waals surface area contributed by atoms with Crippen LogP contribution in [0.2, 0.25) is 0 Å². The van der Waals surface area contributed by atoms with E-state index in [2.05, 4.69) is 10.2 Å². The zero-order valence-electron chi connectivity index (χ0n) is 16.1. The van der Waals surface area contributed by atoms with Crippen molar-refractivity contribution in [1.29, 1.82) is 0 Å². The second-order valence-electron chi connectivity index (χ2n) is 7.72. The van der Waals surface area contributed by atoms with Crippen molar-refractivity contribution in [3.63, 3.8) is 0 Å². The van der Waals surface area contributed by atoms with Crippen molar-refractivity contribution in [2.45, 2.75) is 51.6 Å². The quantitative estimate of drug-likeness (QED) is 0.861. The first-order valence-electron chi connectivity index (χ1n) is 10.1. The highest BCUT2D eigenvalue weighted by Crippen LogP contribution is 2.23. The normalized spacial score (nSPS) is 20.3. The molecule has 2 aliphatic heterocycles. The molecule has 3 rings (SSSR count). The van der Waals surface area contributed by atoms with Gasteiger partial charge in [0, 0.05) is 25.6 Å². The Morgan fingerprint density at radius 3 is 2.33 bits per heavy atom. The number of halogens is 1. The summed E-state index contributed by atoms with van der Waals surface area (Å²) in [5.74, 6) is 0.108. The molecular formula is C21H30FN3O2. The highest BCUT2D eigenvalue weighted by atomic mass is 19.1. The third-order valence-corrected chi connectivity index (χ3v) is 5.85. The van der Waals surface area contributed by atoms with Crippen LogP contribution in [0.5, 0.6) is 0 Å². The lowest BCUT2D eigenvalue weighted by molar-refractivity contribution is -0.138. The minimum atomic E-state index is -0.277. The molecule has 0 aliphatic carbocycles. The van der Waals surface area contributed by atoms with Gasteiger partial charge in [-0.15, -0.1) is 0 Å². The van der Waals surface area contributed by atoms with Crippen molar-refractivity contribution in [2.24, 2.45) is 5.92 Å². The maximum Gasteiger partial charge on any atom is 0.237 e. The van der Waals surface area contributed by atoms with Gasteiger partial charge in [0.05, 0.1) is 6.04 Å². The van der Waals surface area contributed by atoms with E-state index < -0.39 is 0 Å². The number of carbonyl (C=O) groups excluding carboxylic acids is 2. The Hall–Kier alpha value is -1.95. The van der Waals surface area contributed by atoms with Crippen LogP contribution in [0.25, 0.3) is 0 Å². The van der Waals surface area contributed by atoms with Crippen molar-refractivity contribution in [2.75, 3.05) is 26.2 Å². The highest BCUT2D eigenvalue weighted by molar-refractivity contribution is 5.81. The van der Waals surface area contributed by atoms with E-state index in [0.29, 0.717) is 12.5 Å². The van der Waals surface area contributed by atoms with Gasteiger partial charge in [0.2, 0.25) is 11.8 Å². The van der Waals surface area contributed by atoms with Crippen molar-refractivity contribution in [3.05, 3.63) is 35.6 Å². The minimum Gasteiger partial charge on any atom is -0.351 e. The van der Waals surface area contributed by atoms with Crippen LogP contribution >= 0.6 is 0 Å². The van der Waals surface area contributed by atoms with Gasteiger partial charge in [-0.2, -0.15) is 0 Å². The lowest BCUT2D eigenvalue weighted by Gasteiger charge is -2.37. The van der Waals surface area contributed by atoms with E-state index in [1.807, 2.05) is 11.8 Å². The van der Waals surface area contributed by atoms with Gasteiger partial charge < -0.3 is 10.2 Å². The second-order valence-corrected chi connectivity index (χ2v) is 7.72. The molecule has 0 spiro atoms. The first kappa shape index (κ1) is 19.8. The number of carbonyl (C=O) groups is 2. The summed E-state index contributed by atoms with van der Waals surface area (Å²) in [4.78, 5) is 29.3. The predicted molar refractivity (Wildman–Crippen MR) is 102 cm³/mol. The number of hydrogen-bond donors (Lipinski definition) is 1. The topological polar surface area (TPSA) is 52.7 Å². The molecule has 2 heterocycles. The number of nitrogens with zero attached hydrogens (tertiary/aromatic N) is 2. The SMILES string of the molecule is CC(C(=O)NCc1ccc(F)cc1)N1CCC(C(=O)N2CCCCC2)CC1. The Labute approximate surface area is 160 Å². The monoisotopic (exact) mass is 375 g/mol. The number of rotatable bonds is 5. The molecular weight excluding hydrogens is 345 g/mol. The molecule has 2 saturated heterocycles. The van der Waals surface area contributed by atoms with Gasteiger partial charge in [0.25, 0.3) is 0 Å². The van der Waals surface area contributed by atoms with Gasteiger partial charge in [0.1, 0.15) is 5.82 Å². The van der Waals surface area contributed by atoms with Gasteiger partial charge in [-0.1, -0.05) is 12.1 Å². The molecule has 1 aromatic rings. The van der Waals surface area contributed by atoms with Crippen LogP contribution in [0.3, 0.4) is 0 Å². The minimum absolute atomic E-state index is 0.0277. The lowest BCUT2D eigenvalue weighted by atomic mass is 9.93. The van der Waals surface area contributed by atoms with E-state index in [0.717, 1.165) is 57.4 Å². The van der Waals surface area contributed by atoms with Crippen molar-refractivity contribution < 1.29 is 14.0 Å². The van der Waals surface area contributed by atoms with Gasteiger partial charge in [-0.25, -0.2) is 4.39 Å². The largest absolute Gasteiger partial charge is 0.351 e. The zero-order chi connectivity index (χ0) is 19.2. The average Bonchev–Trinajstić information content (AvgIpc) is 2.73. The Morgan fingerprint density at radius 1 is 1.07 bits per heavy atom. The molecule has 0 aromatic heterocycles. The maximum atomic E-state index is 12.9. The number of benzene rings is 1. The summed E-state index contributed by atoms with van der Waals surface area (Å²) >= 11 is 0. The van der Waals surface area contributed by atoms with Crippen LogP contribution in [0, 0.1) is 11.7 Å². The first-order chi connectivity index (χ1) is 13.0. The second kappa shape index (κ2) is 9.31. The molecule has 6 heteroatoms. The number of piperidine rings is 2. The molecule has 1 aromatic carbocycles. The Balaban J connectivity index is 1.43. The molecule has 0 radical (unpaired) electrons. The van der Waals surface area contributed by atoms with Crippen molar-refractivity contribution in [3.8, 4) is 0 Å². The fourth-order valence-corrected chi connectivity index (χ4v) is 4.01. The standard InChI is InChI=1S/C21H30FN3O2/c1-16(20(26)23-15-17-5-7-19(22)8-6-17)24-13-9-18(10-14-24)21(27)25-11-3-2-4-12-25/h5-8,16,18H,2-4,9-15H2,1H3,(H,23,26). The van der Waals surface area contributed by atoms with Gasteiger partial charge in [-0.05, 0) is 69.8 Å².